The van der Waals surface area contributed by atoms with Gasteiger partial charge in [-0.25, -0.2) is 4.39 Å². The summed E-state index contributed by atoms with van der Waals surface area (Å²) in [5.41, 5.74) is 1.20. The van der Waals surface area contributed by atoms with Crippen molar-refractivity contribution in [3.63, 3.8) is 0 Å². The fraction of sp³-hybridized carbons (Fsp3) is 0.278. The Hall–Kier alpha value is -1.68. The van der Waals surface area contributed by atoms with Crippen LogP contribution < -0.4 is 0 Å². The number of nitrogens with zero attached hydrogens (tertiary/aromatic N) is 1. The molecule has 1 aliphatic carbocycles. The van der Waals surface area contributed by atoms with Crippen molar-refractivity contribution in [1.29, 1.82) is 0 Å². The van der Waals surface area contributed by atoms with Crippen LogP contribution in [0.3, 0.4) is 0 Å². The van der Waals surface area contributed by atoms with Crippen LogP contribution in [-0.4, -0.2) is 16.8 Å². The zero-order valence-electron chi connectivity index (χ0n) is 12.3. The summed E-state index contributed by atoms with van der Waals surface area (Å²) in [6.45, 7) is 1.90. The zero-order chi connectivity index (χ0) is 15.7. The summed E-state index contributed by atoms with van der Waals surface area (Å²) in [4.78, 5) is 14.7. The molecule has 3 rings (SSSR count). The van der Waals surface area contributed by atoms with Gasteiger partial charge in [0.2, 0.25) is 0 Å². The third-order valence-electron chi connectivity index (χ3n) is 4.02. The van der Waals surface area contributed by atoms with Gasteiger partial charge in [-0.05, 0) is 44.0 Å². The van der Waals surface area contributed by atoms with E-state index in [0.717, 1.165) is 17.3 Å². The number of hydrogen-bond donors (Lipinski definition) is 0. The van der Waals surface area contributed by atoms with Crippen LogP contribution in [0.4, 0.5) is 4.39 Å². The molecule has 0 spiro atoms. The van der Waals surface area contributed by atoms with Crippen molar-refractivity contribution in [3.05, 3.63) is 69.9 Å². The van der Waals surface area contributed by atoms with Gasteiger partial charge in [-0.2, -0.15) is 0 Å². The summed E-state index contributed by atoms with van der Waals surface area (Å²) in [6.07, 6.45) is 1.97. The predicted octanol–water partition coefficient (Wildman–Crippen LogP) is 4.95. The second-order valence-electron chi connectivity index (χ2n) is 5.65. The molecule has 0 saturated heterocycles. The highest BCUT2D eigenvalue weighted by Crippen LogP contribution is 2.36. The lowest BCUT2D eigenvalue weighted by atomic mass is 10.0. The molecule has 0 heterocycles. The highest BCUT2D eigenvalue weighted by molar-refractivity contribution is 9.10. The lowest BCUT2D eigenvalue weighted by Gasteiger charge is -2.30. The van der Waals surface area contributed by atoms with Gasteiger partial charge < -0.3 is 4.90 Å². The summed E-state index contributed by atoms with van der Waals surface area (Å²) in [5, 5.41) is 0. The second kappa shape index (κ2) is 6.21. The lowest BCUT2D eigenvalue weighted by molar-refractivity contribution is 0.0671. The van der Waals surface area contributed by atoms with E-state index in [1.54, 1.807) is 18.2 Å². The van der Waals surface area contributed by atoms with Gasteiger partial charge in [0.05, 0.1) is 6.04 Å². The topological polar surface area (TPSA) is 20.3 Å². The third-order valence-corrected chi connectivity index (χ3v) is 4.51. The number of hydrogen-bond acceptors (Lipinski definition) is 1. The molecule has 22 heavy (non-hydrogen) atoms. The van der Waals surface area contributed by atoms with Crippen LogP contribution in [0, 0.1) is 5.82 Å². The number of halogens is 2. The van der Waals surface area contributed by atoms with Gasteiger partial charge in [-0.15, -0.1) is 0 Å². The molecular weight excluding hydrogens is 345 g/mol. The molecule has 2 aromatic rings. The van der Waals surface area contributed by atoms with Crippen molar-refractivity contribution in [2.24, 2.45) is 0 Å². The molecule has 1 atom stereocenters. The zero-order valence-corrected chi connectivity index (χ0v) is 13.9. The summed E-state index contributed by atoms with van der Waals surface area (Å²) in [6, 6.07) is 14.0. The Balaban J connectivity index is 1.93. The molecular formula is C18H17BrFNO. The minimum absolute atomic E-state index is 0.0421. The number of carbonyl (C=O) groups excluding carboxylic acids is 1. The van der Waals surface area contributed by atoms with Crippen LogP contribution in [0.1, 0.15) is 41.7 Å². The van der Waals surface area contributed by atoms with Gasteiger partial charge >= 0.3 is 0 Å². The van der Waals surface area contributed by atoms with E-state index in [9.17, 15) is 9.18 Å². The van der Waals surface area contributed by atoms with Gasteiger partial charge in [0.25, 0.3) is 5.91 Å². The Morgan fingerprint density at radius 2 is 1.95 bits per heavy atom. The predicted molar refractivity (Wildman–Crippen MR) is 88.1 cm³/mol. The maximum atomic E-state index is 14.1. The fourth-order valence-electron chi connectivity index (χ4n) is 2.74. The number of benzene rings is 2. The molecule has 0 aliphatic heterocycles. The number of amides is 1. The van der Waals surface area contributed by atoms with Crippen molar-refractivity contribution < 1.29 is 9.18 Å². The van der Waals surface area contributed by atoms with Crippen molar-refractivity contribution in [2.75, 3.05) is 0 Å². The number of carbonyl (C=O) groups is 1. The summed E-state index contributed by atoms with van der Waals surface area (Å²) < 4.78 is 14.9. The standard InChI is InChI=1S/C18H17BrFNO/c1-12(16-7-2-3-8-17(16)20)21(15-9-10-15)18(22)13-5-4-6-14(19)11-13/h2-8,11-12,15H,9-10H2,1H3. The maximum absolute atomic E-state index is 14.1. The van der Waals surface area contributed by atoms with Crippen LogP contribution in [0.15, 0.2) is 53.0 Å². The Labute approximate surface area is 138 Å². The van der Waals surface area contributed by atoms with E-state index in [1.165, 1.54) is 6.07 Å². The van der Waals surface area contributed by atoms with E-state index in [-0.39, 0.29) is 23.8 Å². The largest absolute Gasteiger partial charge is 0.329 e. The molecule has 2 aromatic carbocycles. The van der Waals surface area contributed by atoms with Gasteiger partial charge in [-0.3, -0.25) is 4.79 Å². The highest BCUT2D eigenvalue weighted by atomic mass is 79.9. The van der Waals surface area contributed by atoms with E-state index in [1.807, 2.05) is 36.1 Å². The SMILES string of the molecule is CC(c1ccccc1F)N(C(=O)c1cccc(Br)c1)C1CC1. The van der Waals surface area contributed by atoms with Crippen molar-refractivity contribution in [3.8, 4) is 0 Å². The number of rotatable bonds is 4. The average molecular weight is 362 g/mol. The van der Waals surface area contributed by atoms with E-state index in [0.29, 0.717) is 11.1 Å². The van der Waals surface area contributed by atoms with Crippen LogP contribution in [-0.2, 0) is 0 Å². The maximum Gasteiger partial charge on any atom is 0.254 e. The van der Waals surface area contributed by atoms with E-state index < -0.39 is 0 Å². The van der Waals surface area contributed by atoms with E-state index >= 15 is 0 Å². The second-order valence-corrected chi connectivity index (χ2v) is 6.57. The van der Waals surface area contributed by atoms with Crippen LogP contribution in [0.25, 0.3) is 0 Å². The fourth-order valence-corrected chi connectivity index (χ4v) is 3.14. The van der Waals surface area contributed by atoms with Gasteiger partial charge in [0, 0.05) is 21.6 Å². The summed E-state index contributed by atoms with van der Waals surface area (Å²) >= 11 is 3.40. The summed E-state index contributed by atoms with van der Waals surface area (Å²) in [7, 11) is 0. The monoisotopic (exact) mass is 361 g/mol. The van der Waals surface area contributed by atoms with Crippen LogP contribution >= 0.6 is 15.9 Å². The molecule has 2 nitrogen and oxygen atoms in total. The molecule has 1 aliphatic rings. The smallest absolute Gasteiger partial charge is 0.254 e. The Kier molecular flexibility index (Phi) is 4.30. The van der Waals surface area contributed by atoms with Gasteiger partial charge in [-0.1, -0.05) is 40.2 Å². The summed E-state index contributed by atoms with van der Waals surface area (Å²) in [5.74, 6) is -0.303. The molecule has 1 amide bonds. The molecule has 0 N–H and O–H groups in total. The Bertz CT molecular complexity index is 699. The van der Waals surface area contributed by atoms with Crippen molar-refractivity contribution in [1.82, 2.24) is 4.90 Å². The third kappa shape index (κ3) is 3.07. The first-order valence-corrected chi connectivity index (χ1v) is 8.20. The molecule has 114 valence electrons. The molecule has 1 unspecified atom stereocenters. The molecule has 0 aromatic heterocycles. The average Bonchev–Trinajstić information content (AvgIpc) is 3.32. The van der Waals surface area contributed by atoms with Crippen LogP contribution in [0.5, 0.6) is 0 Å². The van der Waals surface area contributed by atoms with E-state index in [2.05, 4.69) is 15.9 Å². The first-order valence-electron chi connectivity index (χ1n) is 7.40. The minimum Gasteiger partial charge on any atom is -0.329 e. The van der Waals surface area contributed by atoms with Gasteiger partial charge in [0.15, 0.2) is 0 Å². The van der Waals surface area contributed by atoms with Crippen molar-refractivity contribution >= 4 is 21.8 Å². The Morgan fingerprint density at radius 3 is 2.59 bits per heavy atom. The van der Waals surface area contributed by atoms with Gasteiger partial charge in [0.1, 0.15) is 5.82 Å². The molecule has 0 radical (unpaired) electrons. The molecule has 1 fully saturated rings. The Morgan fingerprint density at radius 1 is 1.23 bits per heavy atom. The molecule has 1 saturated carbocycles. The van der Waals surface area contributed by atoms with Crippen molar-refractivity contribution in [2.45, 2.75) is 31.8 Å². The minimum atomic E-state index is -0.278. The molecule has 0 bridgehead atoms. The normalized spacial score (nSPS) is 15.4. The lowest BCUT2D eigenvalue weighted by Crippen LogP contribution is -2.36. The molecule has 4 heteroatoms. The first kappa shape index (κ1) is 15.2. The quantitative estimate of drug-likeness (QED) is 0.753. The van der Waals surface area contributed by atoms with Crippen LogP contribution in [0.2, 0.25) is 0 Å². The van der Waals surface area contributed by atoms with E-state index in [4.69, 9.17) is 0 Å². The highest BCUT2D eigenvalue weighted by Gasteiger charge is 2.37. The first-order chi connectivity index (χ1) is 10.6.